The molecule has 0 aliphatic carbocycles. The van der Waals surface area contributed by atoms with Gasteiger partial charge < -0.3 is 5.11 Å². The van der Waals surface area contributed by atoms with E-state index >= 15 is 0 Å². The second-order valence-corrected chi connectivity index (χ2v) is 3.22. The predicted molar refractivity (Wildman–Crippen MR) is 52.8 cm³/mol. The Bertz CT molecular complexity index is 433. The molecule has 0 bridgehead atoms. The van der Waals surface area contributed by atoms with Gasteiger partial charge in [-0.25, -0.2) is 0 Å². The number of alkyl halides is 3. The monoisotopic (exact) mass is 230 g/mol. The Morgan fingerprint density at radius 3 is 2.50 bits per heavy atom. The van der Waals surface area contributed by atoms with E-state index in [1.54, 1.807) is 0 Å². The van der Waals surface area contributed by atoms with E-state index in [-0.39, 0.29) is 17.1 Å². The van der Waals surface area contributed by atoms with Crippen LogP contribution in [0.25, 0.3) is 6.08 Å². The predicted octanol–water partition coefficient (Wildman–Crippen LogP) is 3.01. The minimum absolute atomic E-state index is 0.0370. The molecule has 0 saturated carbocycles. The van der Waals surface area contributed by atoms with Crippen molar-refractivity contribution in [1.29, 1.82) is 0 Å². The first kappa shape index (κ1) is 12.3. The van der Waals surface area contributed by atoms with E-state index in [2.05, 4.69) is 0 Å². The van der Waals surface area contributed by atoms with Crippen LogP contribution in [0.15, 0.2) is 24.3 Å². The highest BCUT2D eigenvalue weighted by Gasteiger charge is 2.30. The van der Waals surface area contributed by atoms with Gasteiger partial charge in [0.05, 0.1) is 5.56 Å². The van der Waals surface area contributed by atoms with Crippen molar-refractivity contribution in [3.63, 3.8) is 0 Å². The molecule has 0 heterocycles. The summed E-state index contributed by atoms with van der Waals surface area (Å²) in [7, 11) is 0. The first-order valence-corrected chi connectivity index (χ1v) is 4.39. The maximum Gasteiger partial charge on any atom is 0.416 e. The van der Waals surface area contributed by atoms with Gasteiger partial charge in [-0.1, -0.05) is 0 Å². The first-order valence-electron chi connectivity index (χ1n) is 4.39. The molecule has 16 heavy (non-hydrogen) atoms. The van der Waals surface area contributed by atoms with Crippen LogP contribution in [0.4, 0.5) is 13.2 Å². The number of hydrogen-bond acceptors (Lipinski definition) is 2. The molecule has 0 atom stereocenters. The minimum Gasteiger partial charge on any atom is -0.507 e. The fraction of sp³-hybridized carbons (Fsp3) is 0.182. The van der Waals surface area contributed by atoms with E-state index in [0.29, 0.717) is 0 Å². The molecular formula is C11H9F3O2. The van der Waals surface area contributed by atoms with Crippen LogP contribution < -0.4 is 0 Å². The second-order valence-electron chi connectivity index (χ2n) is 3.22. The number of carbonyl (C=O) groups excluding carboxylic acids is 1. The summed E-state index contributed by atoms with van der Waals surface area (Å²) in [4.78, 5) is 10.6. The molecule has 0 unspecified atom stereocenters. The van der Waals surface area contributed by atoms with Gasteiger partial charge in [-0.15, -0.1) is 0 Å². The van der Waals surface area contributed by atoms with Crippen LogP contribution in [0.5, 0.6) is 5.75 Å². The van der Waals surface area contributed by atoms with Gasteiger partial charge in [-0.3, -0.25) is 4.79 Å². The molecular weight excluding hydrogens is 221 g/mol. The summed E-state index contributed by atoms with van der Waals surface area (Å²) >= 11 is 0. The number of allylic oxidation sites excluding steroid dienone is 1. The Morgan fingerprint density at radius 1 is 1.38 bits per heavy atom. The molecule has 86 valence electrons. The van der Waals surface area contributed by atoms with Crippen LogP contribution in [0.3, 0.4) is 0 Å². The third-order valence-electron chi connectivity index (χ3n) is 1.85. The van der Waals surface area contributed by atoms with Gasteiger partial charge >= 0.3 is 6.18 Å². The van der Waals surface area contributed by atoms with Crippen molar-refractivity contribution >= 4 is 11.9 Å². The average molecular weight is 230 g/mol. The topological polar surface area (TPSA) is 37.3 Å². The lowest BCUT2D eigenvalue weighted by molar-refractivity contribution is -0.137. The zero-order chi connectivity index (χ0) is 12.3. The van der Waals surface area contributed by atoms with E-state index in [0.717, 1.165) is 30.4 Å². The van der Waals surface area contributed by atoms with E-state index < -0.39 is 11.7 Å². The standard InChI is InChI=1S/C11H9F3O2/c1-7(15)2-3-8-6-9(11(12,13)14)4-5-10(8)16/h2-6,16H,1H3. The Morgan fingerprint density at radius 2 is 2.00 bits per heavy atom. The number of ketones is 1. The molecule has 0 fully saturated rings. The van der Waals surface area contributed by atoms with Gasteiger partial charge in [0, 0.05) is 5.56 Å². The Balaban J connectivity index is 3.14. The summed E-state index contributed by atoms with van der Waals surface area (Å²) < 4.78 is 37.0. The van der Waals surface area contributed by atoms with Gasteiger partial charge in [0.15, 0.2) is 5.78 Å². The van der Waals surface area contributed by atoms with Crippen LogP contribution in [-0.4, -0.2) is 10.9 Å². The zero-order valence-corrected chi connectivity index (χ0v) is 8.38. The van der Waals surface area contributed by atoms with Crippen LogP contribution in [-0.2, 0) is 11.0 Å². The van der Waals surface area contributed by atoms with E-state index in [4.69, 9.17) is 0 Å². The fourth-order valence-electron chi connectivity index (χ4n) is 1.07. The van der Waals surface area contributed by atoms with Gasteiger partial charge in [0.1, 0.15) is 5.75 Å². The van der Waals surface area contributed by atoms with Crippen molar-refractivity contribution in [3.8, 4) is 5.75 Å². The van der Waals surface area contributed by atoms with Crippen LogP contribution in [0.1, 0.15) is 18.1 Å². The van der Waals surface area contributed by atoms with Crippen molar-refractivity contribution in [3.05, 3.63) is 35.4 Å². The highest BCUT2D eigenvalue weighted by atomic mass is 19.4. The fourth-order valence-corrected chi connectivity index (χ4v) is 1.07. The second kappa shape index (κ2) is 4.38. The van der Waals surface area contributed by atoms with Gasteiger partial charge in [-0.2, -0.15) is 13.2 Å². The van der Waals surface area contributed by atoms with Crippen molar-refractivity contribution < 1.29 is 23.1 Å². The number of carbonyl (C=O) groups is 1. The van der Waals surface area contributed by atoms with Gasteiger partial charge in [-0.05, 0) is 37.3 Å². The summed E-state index contributed by atoms with van der Waals surface area (Å²) in [6, 6.07) is 2.51. The van der Waals surface area contributed by atoms with Crippen molar-refractivity contribution in [2.75, 3.05) is 0 Å². The highest BCUT2D eigenvalue weighted by molar-refractivity contribution is 5.91. The summed E-state index contributed by atoms with van der Waals surface area (Å²) in [5, 5.41) is 9.28. The third-order valence-corrected chi connectivity index (χ3v) is 1.85. The molecule has 0 amide bonds. The lowest BCUT2D eigenvalue weighted by Crippen LogP contribution is -2.04. The maximum atomic E-state index is 12.3. The molecule has 2 nitrogen and oxygen atoms in total. The number of halogens is 3. The van der Waals surface area contributed by atoms with Crippen molar-refractivity contribution in [1.82, 2.24) is 0 Å². The summed E-state index contributed by atoms with van der Waals surface area (Å²) in [5.74, 6) is -0.609. The SMILES string of the molecule is CC(=O)C=Cc1cc(C(F)(F)F)ccc1O. The summed E-state index contributed by atoms with van der Waals surface area (Å²) in [6.07, 6.45) is -2.23. The van der Waals surface area contributed by atoms with Crippen molar-refractivity contribution in [2.24, 2.45) is 0 Å². The number of phenols is 1. The molecule has 0 aliphatic rings. The molecule has 1 aromatic carbocycles. The molecule has 5 heteroatoms. The largest absolute Gasteiger partial charge is 0.507 e. The zero-order valence-electron chi connectivity index (χ0n) is 8.38. The normalized spacial score (nSPS) is 12.0. The molecule has 1 N–H and O–H groups in total. The number of aromatic hydroxyl groups is 1. The number of phenolic OH excluding ortho intramolecular Hbond substituents is 1. The smallest absolute Gasteiger partial charge is 0.416 e. The molecule has 0 spiro atoms. The van der Waals surface area contributed by atoms with E-state index in [9.17, 15) is 23.1 Å². The minimum atomic E-state index is -4.47. The summed E-state index contributed by atoms with van der Waals surface area (Å²) in [6.45, 7) is 1.27. The number of hydrogen-bond donors (Lipinski definition) is 1. The van der Waals surface area contributed by atoms with Crippen molar-refractivity contribution in [2.45, 2.75) is 13.1 Å². The van der Waals surface area contributed by atoms with E-state index in [1.165, 1.54) is 6.92 Å². The van der Waals surface area contributed by atoms with Gasteiger partial charge in [0.25, 0.3) is 0 Å². The molecule has 0 saturated heterocycles. The number of benzene rings is 1. The lowest BCUT2D eigenvalue weighted by Gasteiger charge is -2.08. The average Bonchev–Trinajstić information content (AvgIpc) is 2.14. The Hall–Kier alpha value is -1.78. The number of rotatable bonds is 2. The molecule has 1 aromatic rings. The Labute approximate surface area is 90.0 Å². The van der Waals surface area contributed by atoms with Crippen LogP contribution >= 0.6 is 0 Å². The lowest BCUT2D eigenvalue weighted by atomic mass is 10.1. The maximum absolute atomic E-state index is 12.3. The van der Waals surface area contributed by atoms with E-state index in [1.807, 2.05) is 0 Å². The molecule has 1 rings (SSSR count). The molecule has 0 aliphatic heterocycles. The molecule has 0 radical (unpaired) electrons. The van der Waals surface area contributed by atoms with Crippen LogP contribution in [0, 0.1) is 0 Å². The third kappa shape index (κ3) is 3.12. The Kier molecular flexibility index (Phi) is 3.37. The first-order chi connectivity index (χ1) is 7.30. The van der Waals surface area contributed by atoms with Gasteiger partial charge in [0.2, 0.25) is 0 Å². The highest BCUT2D eigenvalue weighted by Crippen LogP contribution is 2.32. The van der Waals surface area contributed by atoms with Crippen LogP contribution in [0.2, 0.25) is 0 Å². The quantitative estimate of drug-likeness (QED) is 0.793. The summed E-state index contributed by atoms with van der Waals surface area (Å²) in [5.41, 5.74) is -0.904. The molecule has 0 aromatic heterocycles.